The van der Waals surface area contributed by atoms with Crippen LogP contribution in [-0.2, 0) is 0 Å². The minimum Gasteiger partial charge on any atom is -0.398 e. The molecular formula is C16H15ClFNO. The van der Waals surface area contributed by atoms with Gasteiger partial charge in [0.15, 0.2) is 5.78 Å². The predicted molar refractivity (Wildman–Crippen MR) is 79.9 cm³/mol. The van der Waals surface area contributed by atoms with E-state index in [0.717, 1.165) is 16.7 Å². The lowest BCUT2D eigenvalue weighted by Crippen LogP contribution is -2.10. The topological polar surface area (TPSA) is 43.1 Å². The van der Waals surface area contributed by atoms with E-state index in [1.54, 1.807) is 6.07 Å². The zero-order valence-corrected chi connectivity index (χ0v) is 12.3. The number of halogens is 2. The van der Waals surface area contributed by atoms with Gasteiger partial charge in [-0.05, 0) is 61.7 Å². The van der Waals surface area contributed by atoms with Crippen molar-refractivity contribution >= 4 is 23.1 Å². The Morgan fingerprint density at radius 2 is 1.75 bits per heavy atom. The molecule has 0 atom stereocenters. The van der Waals surface area contributed by atoms with Crippen molar-refractivity contribution in [3.8, 4) is 0 Å². The Hall–Kier alpha value is -1.87. The van der Waals surface area contributed by atoms with Crippen LogP contribution in [-0.4, -0.2) is 5.78 Å². The standard InChI is InChI=1S/C16H15ClFNO/c1-8-6-13(15(19)10(3)9(8)2)16(20)12-7-11(17)4-5-14(12)18/h4-7H,19H2,1-3H3. The molecular weight excluding hydrogens is 277 g/mol. The van der Waals surface area contributed by atoms with E-state index in [1.807, 2.05) is 20.8 Å². The van der Waals surface area contributed by atoms with Gasteiger partial charge in [0, 0.05) is 16.3 Å². The van der Waals surface area contributed by atoms with Gasteiger partial charge < -0.3 is 5.73 Å². The quantitative estimate of drug-likeness (QED) is 0.665. The molecule has 0 aliphatic rings. The molecule has 0 saturated carbocycles. The van der Waals surface area contributed by atoms with Crippen molar-refractivity contribution in [2.45, 2.75) is 20.8 Å². The van der Waals surface area contributed by atoms with E-state index < -0.39 is 11.6 Å². The van der Waals surface area contributed by atoms with Crippen LogP contribution >= 0.6 is 11.6 Å². The number of nitrogens with two attached hydrogens (primary N) is 1. The summed E-state index contributed by atoms with van der Waals surface area (Å²) in [5.74, 6) is -1.05. The lowest BCUT2D eigenvalue weighted by molar-refractivity contribution is 0.103. The number of benzene rings is 2. The first kappa shape index (κ1) is 14.5. The van der Waals surface area contributed by atoms with Gasteiger partial charge in [0.1, 0.15) is 5.82 Å². The minimum atomic E-state index is -0.602. The van der Waals surface area contributed by atoms with Crippen LogP contribution in [0.1, 0.15) is 32.6 Å². The van der Waals surface area contributed by atoms with Gasteiger partial charge in [-0.3, -0.25) is 4.79 Å². The van der Waals surface area contributed by atoms with E-state index in [4.69, 9.17) is 17.3 Å². The van der Waals surface area contributed by atoms with Crippen LogP contribution in [0.5, 0.6) is 0 Å². The Morgan fingerprint density at radius 1 is 1.10 bits per heavy atom. The van der Waals surface area contributed by atoms with Crippen LogP contribution < -0.4 is 5.73 Å². The summed E-state index contributed by atoms with van der Waals surface area (Å²) in [5.41, 5.74) is 9.46. The van der Waals surface area contributed by atoms with Gasteiger partial charge in [0.25, 0.3) is 0 Å². The maximum atomic E-state index is 13.8. The van der Waals surface area contributed by atoms with Crippen LogP contribution in [0, 0.1) is 26.6 Å². The molecule has 2 rings (SSSR count). The number of nitrogen functional groups attached to an aromatic ring is 1. The summed E-state index contributed by atoms with van der Waals surface area (Å²) in [6.07, 6.45) is 0. The van der Waals surface area contributed by atoms with E-state index in [1.165, 1.54) is 18.2 Å². The minimum absolute atomic E-state index is 0.0631. The molecule has 0 saturated heterocycles. The van der Waals surface area contributed by atoms with Crippen molar-refractivity contribution < 1.29 is 9.18 Å². The average Bonchev–Trinajstić information content (AvgIpc) is 2.42. The van der Waals surface area contributed by atoms with Crippen LogP contribution in [0.2, 0.25) is 5.02 Å². The molecule has 0 aliphatic carbocycles. The average molecular weight is 292 g/mol. The van der Waals surface area contributed by atoms with E-state index >= 15 is 0 Å². The number of carbonyl (C=O) groups is 1. The maximum absolute atomic E-state index is 13.8. The van der Waals surface area contributed by atoms with Gasteiger partial charge in [-0.15, -0.1) is 0 Å². The Kier molecular flexibility index (Phi) is 3.82. The lowest BCUT2D eigenvalue weighted by Gasteiger charge is -2.13. The maximum Gasteiger partial charge on any atom is 0.198 e. The number of hydrogen-bond acceptors (Lipinski definition) is 2. The van der Waals surface area contributed by atoms with Crippen LogP contribution in [0.15, 0.2) is 24.3 Å². The summed E-state index contributed by atoms with van der Waals surface area (Å²) in [5, 5.41) is 0.314. The Bertz CT molecular complexity index is 710. The molecule has 2 nitrogen and oxygen atoms in total. The van der Waals surface area contributed by atoms with Crippen LogP contribution in [0.3, 0.4) is 0 Å². The van der Waals surface area contributed by atoms with Crippen molar-refractivity contribution in [1.82, 2.24) is 0 Å². The van der Waals surface area contributed by atoms with Crippen molar-refractivity contribution in [2.75, 3.05) is 5.73 Å². The molecule has 104 valence electrons. The molecule has 0 spiro atoms. The molecule has 0 radical (unpaired) electrons. The van der Waals surface area contributed by atoms with Gasteiger partial charge >= 0.3 is 0 Å². The number of hydrogen-bond donors (Lipinski definition) is 1. The molecule has 0 aliphatic heterocycles. The molecule has 2 aromatic rings. The van der Waals surface area contributed by atoms with Crippen molar-refractivity contribution in [2.24, 2.45) is 0 Å². The fraction of sp³-hybridized carbons (Fsp3) is 0.188. The highest BCUT2D eigenvalue weighted by Crippen LogP contribution is 2.27. The molecule has 0 fully saturated rings. The molecule has 20 heavy (non-hydrogen) atoms. The molecule has 2 N–H and O–H groups in total. The first-order chi connectivity index (χ1) is 9.32. The van der Waals surface area contributed by atoms with Gasteiger partial charge in [0.05, 0.1) is 5.56 Å². The van der Waals surface area contributed by atoms with Gasteiger partial charge in [0.2, 0.25) is 0 Å². The summed E-state index contributed by atoms with van der Waals surface area (Å²) >= 11 is 5.83. The molecule has 0 aromatic heterocycles. The molecule has 2 aromatic carbocycles. The summed E-state index contributed by atoms with van der Waals surface area (Å²) in [6.45, 7) is 5.69. The third-order valence-corrected chi connectivity index (χ3v) is 3.86. The Balaban J connectivity index is 2.63. The first-order valence-corrected chi connectivity index (χ1v) is 6.56. The molecule has 0 amide bonds. The van der Waals surface area contributed by atoms with E-state index in [0.29, 0.717) is 16.3 Å². The van der Waals surface area contributed by atoms with Gasteiger partial charge in [-0.2, -0.15) is 0 Å². The molecule has 4 heteroatoms. The third-order valence-electron chi connectivity index (χ3n) is 3.63. The van der Waals surface area contributed by atoms with Crippen molar-refractivity contribution in [1.29, 1.82) is 0 Å². The zero-order valence-electron chi connectivity index (χ0n) is 11.6. The zero-order chi connectivity index (χ0) is 15.0. The summed E-state index contributed by atoms with van der Waals surface area (Å²) in [7, 11) is 0. The Morgan fingerprint density at radius 3 is 2.40 bits per heavy atom. The monoisotopic (exact) mass is 291 g/mol. The van der Waals surface area contributed by atoms with E-state index in [-0.39, 0.29) is 5.56 Å². The predicted octanol–water partition coefficient (Wildman–Crippen LogP) is 4.22. The van der Waals surface area contributed by atoms with E-state index in [9.17, 15) is 9.18 Å². The summed E-state index contributed by atoms with van der Waals surface area (Å²) in [4.78, 5) is 12.5. The molecule has 0 unspecified atom stereocenters. The van der Waals surface area contributed by atoms with E-state index in [2.05, 4.69) is 0 Å². The number of anilines is 1. The fourth-order valence-corrected chi connectivity index (χ4v) is 2.28. The van der Waals surface area contributed by atoms with Crippen LogP contribution in [0.4, 0.5) is 10.1 Å². The first-order valence-electron chi connectivity index (χ1n) is 6.19. The van der Waals surface area contributed by atoms with Gasteiger partial charge in [-0.1, -0.05) is 11.6 Å². The fourth-order valence-electron chi connectivity index (χ4n) is 2.11. The Labute approximate surface area is 122 Å². The second-order valence-electron chi connectivity index (χ2n) is 4.86. The molecule has 0 bridgehead atoms. The lowest BCUT2D eigenvalue weighted by atomic mass is 9.93. The second kappa shape index (κ2) is 5.25. The smallest absolute Gasteiger partial charge is 0.198 e. The summed E-state index contributed by atoms with van der Waals surface area (Å²) in [6, 6.07) is 5.60. The van der Waals surface area contributed by atoms with Crippen molar-refractivity contribution in [3.05, 3.63) is 62.9 Å². The highest BCUT2D eigenvalue weighted by atomic mass is 35.5. The van der Waals surface area contributed by atoms with Crippen molar-refractivity contribution in [3.63, 3.8) is 0 Å². The highest BCUT2D eigenvalue weighted by Gasteiger charge is 2.19. The normalized spacial score (nSPS) is 10.7. The number of aryl methyl sites for hydroxylation is 1. The number of ketones is 1. The summed E-state index contributed by atoms with van der Waals surface area (Å²) < 4.78 is 13.8. The largest absolute Gasteiger partial charge is 0.398 e. The molecule has 0 heterocycles. The van der Waals surface area contributed by atoms with Gasteiger partial charge in [-0.25, -0.2) is 4.39 Å². The SMILES string of the molecule is Cc1cc(C(=O)c2cc(Cl)ccc2F)c(N)c(C)c1C. The highest BCUT2D eigenvalue weighted by molar-refractivity contribution is 6.31. The van der Waals surface area contributed by atoms with Crippen LogP contribution in [0.25, 0.3) is 0 Å². The second-order valence-corrected chi connectivity index (χ2v) is 5.29. The third kappa shape index (κ3) is 2.41. The number of carbonyl (C=O) groups excluding carboxylic acids is 1. The number of rotatable bonds is 2.